The Bertz CT molecular complexity index is 384. The molecule has 0 amide bonds. The number of hydrogen-bond donors (Lipinski definition) is 1. The highest BCUT2D eigenvalue weighted by Crippen LogP contribution is 2.11. The van der Waals surface area contributed by atoms with Crippen molar-refractivity contribution in [2.45, 2.75) is 19.8 Å². The van der Waals surface area contributed by atoms with Gasteiger partial charge in [-0.25, -0.2) is 0 Å². The van der Waals surface area contributed by atoms with Crippen LogP contribution in [0.3, 0.4) is 0 Å². The smallest absolute Gasteiger partial charge is 0.303 e. The predicted molar refractivity (Wildman–Crippen MR) is 66.5 cm³/mol. The van der Waals surface area contributed by atoms with E-state index in [1.54, 1.807) is 0 Å². The maximum Gasteiger partial charge on any atom is 0.303 e. The summed E-state index contributed by atoms with van der Waals surface area (Å²) in [4.78, 5) is 9.60. The molecule has 0 aliphatic carbocycles. The van der Waals surface area contributed by atoms with E-state index >= 15 is 0 Å². The van der Waals surface area contributed by atoms with Crippen molar-refractivity contribution in [3.63, 3.8) is 0 Å². The zero-order valence-electron chi connectivity index (χ0n) is 9.39. The molecule has 2 rings (SSSR count). The Morgan fingerprint density at radius 3 is 1.56 bits per heavy atom. The van der Waals surface area contributed by atoms with Crippen molar-refractivity contribution in [1.82, 2.24) is 0 Å². The van der Waals surface area contributed by atoms with E-state index in [1.807, 2.05) is 6.92 Å². The number of carboxylic acid groups (broad SMARTS) is 1. The SMILES string of the molecule is CCCC(=O)O.c1ccc2ccccc2c1. The lowest BCUT2D eigenvalue weighted by molar-refractivity contribution is -0.137. The lowest BCUT2D eigenvalue weighted by atomic mass is 10.1. The molecular weight excluding hydrogens is 200 g/mol. The third-order valence-corrected chi connectivity index (χ3v) is 2.12. The topological polar surface area (TPSA) is 37.3 Å². The minimum Gasteiger partial charge on any atom is -0.481 e. The molecule has 2 nitrogen and oxygen atoms in total. The summed E-state index contributed by atoms with van der Waals surface area (Å²) in [6.07, 6.45) is 1.02. The average Bonchev–Trinajstić information content (AvgIpc) is 2.30. The molecule has 1 N–H and O–H groups in total. The summed E-state index contributed by atoms with van der Waals surface area (Å²) in [5, 5.41) is 10.5. The Labute approximate surface area is 95.5 Å². The van der Waals surface area contributed by atoms with Gasteiger partial charge in [-0.15, -0.1) is 0 Å². The van der Waals surface area contributed by atoms with Crippen molar-refractivity contribution in [3.05, 3.63) is 48.5 Å². The van der Waals surface area contributed by atoms with Crippen LogP contribution in [0.15, 0.2) is 48.5 Å². The number of fused-ring (bicyclic) bond motifs is 1. The standard InChI is InChI=1S/C10H8.C4H8O2/c1-2-6-10-8-4-3-7-9(10)5-1;1-2-3-4(5)6/h1-8H;2-3H2,1H3,(H,5,6). The molecule has 0 heterocycles. The van der Waals surface area contributed by atoms with E-state index in [0.29, 0.717) is 6.42 Å². The highest BCUT2D eigenvalue weighted by Gasteiger charge is 1.87. The zero-order valence-corrected chi connectivity index (χ0v) is 9.39. The highest BCUT2D eigenvalue weighted by atomic mass is 16.4. The highest BCUT2D eigenvalue weighted by molar-refractivity contribution is 5.81. The Hall–Kier alpha value is -1.83. The number of carbonyl (C=O) groups is 1. The van der Waals surface area contributed by atoms with Gasteiger partial charge in [0, 0.05) is 6.42 Å². The first-order valence-corrected chi connectivity index (χ1v) is 5.39. The van der Waals surface area contributed by atoms with Crippen LogP contribution in [0.1, 0.15) is 19.8 Å². The van der Waals surface area contributed by atoms with Gasteiger partial charge in [-0.05, 0) is 17.2 Å². The van der Waals surface area contributed by atoms with E-state index in [4.69, 9.17) is 5.11 Å². The van der Waals surface area contributed by atoms with E-state index in [-0.39, 0.29) is 0 Å². The molecule has 0 bridgehead atoms. The van der Waals surface area contributed by atoms with E-state index in [2.05, 4.69) is 48.5 Å². The minimum atomic E-state index is -0.711. The molecule has 16 heavy (non-hydrogen) atoms. The second kappa shape index (κ2) is 6.62. The molecule has 0 aliphatic rings. The zero-order chi connectivity index (χ0) is 11.8. The molecule has 0 saturated heterocycles. The molecular formula is C14H16O2. The molecule has 0 fully saturated rings. The summed E-state index contributed by atoms with van der Waals surface area (Å²) in [7, 11) is 0. The number of benzene rings is 2. The van der Waals surface area contributed by atoms with Crippen LogP contribution in [-0.2, 0) is 4.79 Å². The Morgan fingerprint density at radius 2 is 1.38 bits per heavy atom. The maximum absolute atomic E-state index is 9.60. The second-order valence-electron chi connectivity index (χ2n) is 3.49. The van der Waals surface area contributed by atoms with Crippen LogP contribution in [0.4, 0.5) is 0 Å². The number of rotatable bonds is 2. The first-order chi connectivity index (χ1) is 7.74. The van der Waals surface area contributed by atoms with Crippen LogP contribution in [0.25, 0.3) is 10.8 Å². The van der Waals surface area contributed by atoms with Crippen LogP contribution in [-0.4, -0.2) is 11.1 Å². The molecule has 2 aromatic carbocycles. The van der Waals surface area contributed by atoms with Gasteiger partial charge >= 0.3 is 5.97 Å². The van der Waals surface area contributed by atoms with Gasteiger partial charge in [0.25, 0.3) is 0 Å². The minimum absolute atomic E-state index is 0.292. The van der Waals surface area contributed by atoms with Gasteiger partial charge in [-0.1, -0.05) is 55.5 Å². The molecule has 84 valence electrons. The first-order valence-electron chi connectivity index (χ1n) is 5.39. The molecule has 0 saturated carbocycles. The maximum atomic E-state index is 9.60. The average molecular weight is 216 g/mol. The fourth-order valence-corrected chi connectivity index (χ4v) is 1.35. The fourth-order valence-electron chi connectivity index (χ4n) is 1.35. The van der Waals surface area contributed by atoms with Gasteiger partial charge < -0.3 is 5.11 Å². The van der Waals surface area contributed by atoms with Crippen molar-refractivity contribution in [2.75, 3.05) is 0 Å². The quantitative estimate of drug-likeness (QED) is 0.830. The van der Waals surface area contributed by atoms with Crippen molar-refractivity contribution in [3.8, 4) is 0 Å². The van der Waals surface area contributed by atoms with E-state index < -0.39 is 5.97 Å². The monoisotopic (exact) mass is 216 g/mol. The third kappa shape index (κ3) is 4.13. The fraction of sp³-hybridized carbons (Fsp3) is 0.214. The molecule has 0 spiro atoms. The summed E-state index contributed by atoms with van der Waals surface area (Å²) in [6.45, 7) is 1.84. The number of carboxylic acids is 1. The van der Waals surface area contributed by atoms with E-state index in [1.165, 1.54) is 10.8 Å². The number of hydrogen-bond acceptors (Lipinski definition) is 1. The Balaban J connectivity index is 0.000000187. The van der Waals surface area contributed by atoms with Crippen molar-refractivity contribution in [2.24, 2.45) is 0 Å². The normalized spacial score (nSPS) is 9.31. The van der Waals surface area contributed by atoms with Crippen molar-refractivity contribution in [1.29, 1.82) is 0 Å². The van der Waals surface area contributed by atoms with E-state index in [9.17, 15) is 4.79 Å². The summed E-state index contributed by atoms with van der Waals surface area (Å²) >= 11 is 0. The molecule has 2 heteroatoms. The molecule has 0 unspecified atom stereocenters. The van der Waals surface area contributed by atoms with E-state index in [0.717, 1.165) is 6.42 Å². The first kappa shape index (κ1) is 12.2. The van der Waals surface area contributed by atoms with Crippen LogP contribution in [0, 0.1) is 0 Å². The molecule has 0 aromatic heterocycles. The Morgan fingerprint density at radius 1 is 1.00 bits per heavy atom. The lowest BCUT2D eigenvalue weighted by Gasteiger charge is -1.92. The second-order valence-corrected chi connectivity index (χ2v) is 3.49. The lowest BCUT2D eigenvalue weighted by Crippen LogP contribution is -1.90. The predicted octanol–water partition coefficient (Wildman–Crippen LogP) is 3.71. The Kier molecular flexibility index (Phi) is 5.06. The van der Waals surface area contributed by atoms with Crippen LogP contribution < -0.4 is 0 Å². The summed E-state index contributed by atoms with van der Waals surface area (Å²) in [6, 6.07) is 16.7. The van der Waals surface area contributed by atoms with Crippen LogP contribution in [0.2, 0.25) is 0 Å². The van der Waals surface area contributed by atoms with Crippen LogP contribution in [0.5, 0.6) is 0 Å². The van der Waals surface area contributed by atoms with Gasteiger partial charge in [0.15, 0.2) is 0 Å². The summed E-state index contributed by atoms with van der Waals surface area (Å²) in [5.41, 5.74) is 0. The van der Waals surface area contributed by atoms with Crippen molar-refractivity contribution < 1.29 is 9.90 Å². The largest absolute Gasteiger partial charge is 0.481 e. The third-order valence-electron chi connectivity index (χ3n) is 2.12. The molecule has 2 aromatic rings. The molecule has 0 radical (unpaired) electrons. The summed E-state index contributed by atoms with van der Waals surface area (Å²) < 4.78 is 0. The van der Waals surface area contributed by atoms with Gasteiger partial charge in [0.2, 0.25) is 0 Å². The number of aliphatic carboxylic acids is 1. The molecule has 0 atom stereocenters. The summed E-state index contributed by atoms with van der Waals surface area (Å²) in [5.74, 6) is -0.711. The van der Waals surface area contributed by atoms with Gasteiger partial charge in [-0.2, -0.15) is 0 Å². The van der Waals surface area contributed by atoms with Gasteiger partial charge in [-0.3, -0.25) is 4.79 Å². The van der Waals surface area contributed by atoms with Gasteiger partial charge in [0.1, 0.15) is 0 Å². The van der Waals surface area contributed by atoms with Gasteiger partial charge in [0.05, 0.1) is 0 Å². The van der Waals surface area contributed by atoms with Crippen molar-refractivity contribution >= 4 is 16.7 Å². The van der Waals surface area contributed by atoms with Crippen LogP contribution >= 0.6 is 0 Å². The molecule has 0 aliphatic heterocycles.